The number of methoxy groups -OCH3 is 1. The molecular weight excluding hydrogens is 358 g/mol. The number of carbonyl (C=O) groups excluding carboxylic acids is 3. The molecule has 3 rings (SSSR count). The van der Waals surface area contributed by atoms with Gasteiger partial charge in [0.05, 0.1) is 20.1 Å². The van der Waals surface area contributed by atoms with Crippen LogP contribution in [0.1, 0.15) is 17.5 Å². The lowest BCUT2D eigenvalue weighted by Gasteiger charge is -2.13. The van der Waals surface area contributed by atoms with E-state index in [1.165, 1.54) is 0 Å². The fourth-order valence-electron chi connectivity index (χ4n) is 3.03. The summed E-state index contributed by atoms with van der Waals surface area (Å²) in [7, 11) is 1.61. The van der Waals surface area contributed by atoms with Crippen LogP contribution in [0.15, 0.2) is 54.6 Å². The zero-order valence-corrected chi connectivity index (χ0v) is 15.7. The van der Waals surface area contributed by atoms with Gasteiger partial charge in [0.15, 0.2) is 0 Å². The van der Waals surface area contributed by atoms with Gasteiger partial charge in [0.1, 0.15) is 11.8 Å². The number of carbonyl (C=O) groups is 3. The lowest BCUT2D eigenvalue weighted by Crippen LogP contribution is -2.37. The minimum absolute atomic E-state index is 0.0710. The van der Waals surface area contributed by atoms with Gasteiger partial charge in [0, 0.05) is 6.54 Å². The van der Waals surface area contributed by atoms with E-state index in [2.05, 4.69) is 10.6 Å². The predicted molar refractivity (Wildman–Crippen MR) is 104 cm³/mol. The zero-order chi connectivity index (χ0) is 19.9. The second kappa shape index (κ2) is 9.03. The van der Waals surface area contributed by atoms with Crippen LogP contribution in [0.4, 0.5) is 4.79 Å². The maximum atomic E-state index is 12.5. The molecule has 0 spiro atoms. The van der Waals surface area contributed by atoms with Crippen LogP contribution >= 0.6 is 0 Å². The third-order valence-corrected chi connectivity index (χ3v) is 4.57. The maximum absolute atomic E-state index is 12.5. The third-order valence-electron chi connectivity index (χ3n) is 4.57. The van der Waals surface area contributed by atoms with E-state index in [1.54, 1.807) is 7.11 Å². The molecule has 7 heteroatoms. The van der Waals surface area contributed by atoms with E-state index in [-0.39, 0.29) is 24.8 Å². The lowest BCUT2D eigenvalue weighted by atomic mass is 10.1. The predicted octanol–water partition coefficient (Wildman–Crippen LogP) is 1.86. The Hall–Kier alpha value is -3.35. The summed E-state index contributed by atoms with van der Waals surface area (Å²) in [5, 5.41) is 5.38. The van der Waals surface area contributed by atoms with Crippen LogP contribution in [0, 0.1) is 0 Å². The average molecular weight is 381 g/mol. The first kappa shape index (κ1) is 19.4. The molecule has 0 bridgehead atoms. The summed E-state index contributed by atoms with van der Waals surface area (Å²) in [5.74, 6) is 0.135. The number of hydrogen-bond acceptors (Lipinski definition) is 4. The summed E-state index contributed by atoms with van der Waals surface area (Å²) in [6, 6.07) is 15.6. The molecule has 1 fully saturated rings. The fourth-order valence-corrected chi connectivity index (χ4v) is 3.03. The van der Waals surface area contributed by atoms with Crippen molar-refractivity contribution < 1.29 is 19.1 Å². The standard InChI is InChI=1S/C21H23N3O4/c1-28-17-9-7-15(8-10-17)11-12-22-19(25)13-18-20(26)24(21(27)23-18)14-16-5-3-2-4-6-16/h2-10,18H,11-14H2,1H3,(H,22,25)(H,23,27)/t18-/m1/s1. The molecule has 0 aromatic heterocycles. The Morgan fingerprint density at radius 3 is 2.46 bits per heavy atom. The van der Waals surface area contributed by atoms with Crippen molar-refractivity contribution in [1.29, 1.82) is 0 Å². The van der Waals surface area contributed by atoms with Crippen molar-refractivity contribution in [2.75, 3.05) is 13.7 Å². The lowest BCUT2D eigenvalue weighted by molar-refractivity contribution is -0.131. The Balaban J connectivity index is 1.46. The molecule has 2 aromatic rings. The molecule has 0 saturated carbocycles. The van der Waals surface area contributed by atoms with E-state index < -0.39 is 12.1 Å². The summed E-state index contributed by atoms with van der Waals surface area (Å²) in [4.78, 5) is 37.8. The highest BCUT2D eigenvalue weighted by Crippen LogP contribution is 2.14. The van der Waals surface area contributed by atoms with E-state index in [0.29, 0.717) is 13.0 Å². The molecule has 2 aromatic carbocycles. The van der Waals surface area contributed by atoms with Crippen LogP contribution in [0.3, 0.4) is 0 Å². The van der Waals surface area contributed by atoms with Gasteiger partial charge in [-0.25, -0.2) is 4.79 Å². The summed E-state index contributed by atoms with van der Waals surface area (Å²) in [5.41, 5.74) is 1.93. The number of ether oxygens (including phenoxy) is 1. The molecule has 2 N–H and O–H groups in total. The highest BCUT2D eigenvalue weighted by atomic mass is 16.5. The molecule has 7 nitrogen and oxygen atoms in total. The van der Waals surface area contributed by atoms with Gasteiger partial charge >= 0.3 is 6.03 Å². The van der Waals surface area contributed by atoms with E-state index >= 15 is 0 Å². The van der Waals surface area contributed by atoms with Crippen LogP contribution in [-0.2, 0) is 22.6 Å². The summed E-state index contributed by atoms with van der Waals surface area (Å²) >= 11 is 0. The largest absolute Gasteiger partial charge is 0.497 e. The van der Waals surface area contributed by atoms with Gasteiger partial charge in [-0.3, -0.25) is 14.5 Å². The number of imide groups is 1. The SMILES string of the molecule is COc1ccc(CCNC(=O)C[C@H]2NC(=O)N(Cc3ccccc3)C2=O)cc1. The Labute approximate surface area is 163 Å². The van der Waals surface area contributed by atoms with Crippen LogP contribution < -0.4 is 15.4 Å². The second-order valence-electron chi connectivity index (χ2n) is 6.56. The average Bonchev–Trinajstić information content (AvgIpc) is 2.96. The van der Waals surface area contributed by atoms with Crippen molar-refractivity contribution in [2.24, 2.45) is 0 Å². The van der Waals surface area contributed by atoms with E-state index in [1.807, 2.05) is 54.6 Å². The van der Waals surface area contributed by atoms with Gasteiger partial charge in [-0.15, -0.1) is 0 Å². The monoisotopic (exact) mass is 381 g/mol. The van der Waals surface area contributed by atoms with Crippen molar-refractivity contribution in [2.45, 2.75) is 25.4 Å². The van der Waals surface area contributed by atoms with Crippen LogP contribution in [0.25, 0.3) is 0 Å². The van der Waals surface area contributed by atoms with Gasteiger partial charge in [-0.1, -0.05) is 42.5 Å². The van der Waals surface area contributed by atoms with E-state index in [4.69, 9.17) is 4.74 Å². The fraction of sp³-hybridized carbons (Fsp3) is 0.286. The molecule has 1 aliphatic heterocycles. The van der Waals surface area contributed by atoms with Gasteiger partial charge in [0.2, 0.25) is 5.91 Å². The minimum Gasteiger partial charge on any atom is -0.497 e. The first-order chi connectivity index (χ1) is 13.6. The van der Waals surface area contributed by atoms with Crippen LogP contribution in [-0.4, -0.2) is 42.4 Å². The highest BCUT2D eigenvalue weighted by molar-refractivity contribution is 6.05. The molecule has 4 amide bonds. The smallest absolute Gasteiger partial charge is 0.325 e. The second-order valence-corrected chi connectivity index (χ2v) is 6.56. The summed E-state index contributed by atoms with van der Waals surface area (Å²) in [6.07, 6.45) is 0.597. The van der Waals surface area contributed by atoms with Gasteiger partial charge in [-0.05, 0) is 29.7 Å². The normalized spacial score (nSPS) is 16.0. The van der Waals surface area contributed by atoms with Gasteiger partial charge < -0.3 is 15.4 Å². The van der Waals surface area contributed by atoms with Crippen molar-refractivity contribution in [3.05, 3.63) is 65.7 Å². The number of benzene rings is 2. The molecule has 1 saturated heterocycles. The Bertz CT molecular complexity index is 836. The van der Waals surface area contributed by atoms with Crippen molar-refractivity contribution in [1.82, 2.24) is 15.5 Å². The zero-order valence-electron chi connectivity index (χ0n) is 15.7. The van der Waals surface area contributed by atoms with Crippen LogP contribution in [0.2, 0.25) is 0 Å². The molecule has 1 heterocycles. The molecule has 1 aliphatic rings. The third kappa shape index (κ3) is 4.88. The molecule has 0 unspecified atom stereocenters. The van der Waals surface area contributed by atoms with Gasteiger partial charge in [-0.2, -0.15) is 0 Å². The van der Waals surface area contributed by atoms with E-state index in [0.717, 1.165) is 21.8 Å². The number of amides is 4. The Morgan fingerprint density at radius 2 is 1.79 bits per heavy atom. The Morgan fingerprint density at radius 1 is 1.07 bits per heavy atom. The molecule has 146 valence electrons. The summed E-state index contributed by atoms with van der Waals surface area (Å²) < 4.78 is 5.11. The number of rotatable bonds is 8. The van der Waals surface area contributed by atoms with Crippen molar-refractivity contribution in [3.8, 4) is 5.75 Å². The molecule has 0 radical (unpaired) electrons. The molecule has 0 aliphatic carbocycles. The maximum Gasteiger partial charge on any atom is 0.325 e. The highest BCUT2D eigenvalue weighted by Gasteiger charge is 2.38. The first-order valence-corrected chi connectivity index (χ1v) is 9.12. The quantitative estimate of drug-likeness (QED) is 0.684. The number of hydrogen-bond donors (Lipinski definition) is 2. The molecular formula is C21H23N3O4. The van der Waals surface area contributed by atoms with Crippen LogP contribution in [0.5, 0.6) is 5.75 Å². The number of urea groups is 1. The molecule has 1 atom stereocenters. The summed E-state index contributed by atoms with van der Waals surface area (Å²) in [6.45, 7) is 0.648. The van der Waals surface area contributed by atoms with Crippen molar-refractivity contribution >= 4 is 17.8 Å². The number of nitrogens with one attached hydrogen (secondary N) is 2. The van der Waals surface area contributed by atoms with E-state index in [9.17, 15) is 14.4 Å². The van der Waals surface area contributed by atoms with Crippen molar-refractivity contribution in [3.63, 3.8) is 0 Å². The topological polar surface area (TPSA) is 87.7 Å². The number of nitrogens with zero attached hydrogens (tertiary/aromatic N) is 1. The Kier molecular flexibility index (Phi) is 6.26. The minimum atomic E-state index is -0.822. The van der Waals surface area contributed by atoms with Gasteiger partial charge in [0.25, 0.3) is 5.91 Å². The molecule has 28 heavy (non-hydrogen) atoms. The first-order valence-electron chi connectivity index (χ1n) is 9.12.